The highest BCUT2D eigenvalue weighted by atomic mass is 19.1. The van der Waals surface area contributed by atoms with Crippen LogP contribution in [0.2, 0.25) is 0 Å². The number of hydrogen-bond acceptors (Lipinski definition) is 4. The molecule has 0 aliphatic heterocycles. The van der Waals surface area contributed by atoms with Crippen molar-refractivity contribution >= 4 is 28.2 Å². The molecule has 0 spiro atoms. The van der Waals surface area contributed by atoms with Gasteiger partial charge in [-0.2, -0.15) is 0 Å². The van der Waals surface area contributed by atoms with Gasteiger partial charge in [0.2, 0.25) is 0 Å². The highest BCUT2D eigenvalue weighted by Crippen LogP contribution is 2.26. The van der Waals surface area contributed by atoms with Crippen LogP contribution in [0, 0.1) is 15.9 Å². The van der Waals surface area contributed by atoms with Crippen LogP contribution in [0.15, 0.2) is 73.1 Å². The zero-order valence-electron chi connectivity index (χ0n) is 15.1. The van der Waals surface area contributed by atoms with E-state index in [1.54, 1.807) is 53.2 Å². The molecule has 7 nitrogen and oxygen atoms in total. The molecule has 144 valence electrons. The Bertz CT molecular complexity index is 1220. The Morgan fingerprint density at radius 1 is 1.14 bits per heavy atom. The van der Waals surface area contributed by atoms with E-state index in [9.17, 15) is 19.3 Å². The third-order valence-electron chi connectivity index (χ3n) is 4.53. The first-order valence-corrected chi connectivity index (χ1v) is 8.75. The highest BCUT2D eigenvalue weighted by Gasteiger charge is 2.19. The van der Waals surface area contributed by atoms with Crippen LogP contribution in [-0.4, -0.2) is 20.4 Å². The number of nitrogens with zero attached hydrogens (tertiary/aromatic N) is 3. The van der Waals surface area contributed by atoms with Crippen LogP contribution < -0.4 is 5.32 Å². The summed E-state index contributed by atoms with van der Waals surface area (Å²) >= 11 is 0. The number of non-ortho nitro benzene ring substituents is 1. The standard InChI is InChI=1S/C21H15FN4O3/c22-18-6-2-1-4-14(18)13-25-19-8-7-17(26(28)29)10-15(19)11-20(25)21(27)24-16-5-3-9-23-12-16/h1-12H,13H2,(H,24,27). The molecule has 0 radical (unpaired) electrons. The lowest BCUT2D eigenvalue weighted by atomic mass is 10.2. The van der Waals surface area contributed by atoms with Crippen LogP contribution in [-0.2, 0) is 6.54 Å². The fourth-order valence-electron chi connectivity index (χ4n) is 3.16. The van der Waals surface area contributed by atoms with Gasteiger partial charge in [0.1, 0.15) is 11.5 Å². The van der Waals surface area contributed by atoms with Gasteiger partial charge in [-0.05, 0) is 30.3 Å². The highest BCUT2D eigenvalue weighted by molar-refractivity contribution is 6.06. The molecule has 2 aromatic heterocycles. The number of benzene rings is 2. The molecular formula is C21H15FN4O3. The van der Waals surface area contributed by atoms with E-state index in [1.165, 1.54) is 24.4 Å². The van der Waals surface area contributed by atoms with Crippen molar-refractivity contribution in [1.82, 2.24) is 9.55 Å². The van der Waals surface area contributed by atoms with Gasteiger partial charge in [-0.3, -0.25) is 19.9 Å². The summed E-state index contributed by atoms with van der Waals surface area (Å²) in [5, 5.41) is 14.4. The van der Waals surface area contributed by atoms with Crippen molar-refractivity contribution in [1.29, 1.82) is 0 Å². The van der Waals surface area contributed by atoms with Crippen molar-refractivity contribution in [3.05, 3.63) is 100 Å². The summed E-state index contributed by atoms with van der Waals surface area (Å²) in [6.07, 6.45) is 3.09. The van der Waals surface area contributed by atoms with Gasteiger partial charge in [0.25, 0.3) is 11.6 Å². The van der Waals surface area contributed by atoms with Crippen molar-refractivity contribution in [3.8, 4) is 0 Å². The molecule has 0 atom stereocenters. The largest absolute Gasteiger partial charge is 0.332 e. The van der Waals surface area contributed by atoms with Gasteiger partial charge in [-0.15, -0.1) is 0 Å². The topological polar surface area (TPSA) is 90.1 Å². The molecule has 1 N–H and O–H groups in total. The molecule has 8 heteroatoms. The average Bonchev–Trinajstić information content (AvgIpc) is 3.08. The van der Waals surface area contributed by atoms with Gasteiger partial charge in [0, 0.05) is 34.8 Å². The van der Waals surface area contributed by atoms with Crippen molar-refractivity contribution in [2.24, 2.45) is 0 Å². The Labute approximate surface area is 164 Å². The molecule has 0 bridgehead atoms. The lowest BCUT2D eigenvalue weighted by Gasteiger charge is -2.12. The van der Waals surface area contributed by atoms with Crippen LogP contribution in [0.25, 0.3) is 10.9 Å². The Morgan fingerprint density at radius 2 is 1.97 bits per heavy atom. The smallest absolute Gasteiger partial charge is 0.272 e. The van der Waals surface area contributed by atoms with Gasteiger partial charge >= 0.3 is 0 Å². The quantitative estimate of drug-likeness (QED) is 0.404. The molecule has 29 heavy (non-hydrogen) atoms. The number of nitrogens with one attached hydrogen (secondary N) is 1. The van der Waals surface area contributed by atoms with E-state index in [0.717, 1.165) is 0 Å². The van der Waals surface area contributed by atoms with Crippen LogP contribution in [0.4, 0.5) is 15.8 Å². The Kier molecular flexibility index (Phi) is 4.74. The van der Waals surface area contributed by atoms with Crippen LogP contribution in [0.3, 0.4) is 0 Å². The van der Waals surface area contributed by atoms with Gasteiger partial charge in [0.05, 0.1) is 23.4 Å². The molecule has 0 saturated heterocycles. The minimum absolute atomic E-state index is 0.0836. The number of hydrogen-bond donors (Lipinski definition) is 1. The van der Waals surface area contributed by atoms with Gasteiger partial charge in [-0.25, -0.2) is 4.39 Å². The maximum atomic E-state index is 14.2. The molecule has 2 aromatic carbocycles. The predicted octanol–water partition coefficient (Wildman–Crippen LogP) is 4.38. The number of amides is 1. The molecule has 0 aliphatic rings. The summed E-state index contributed by atoms with van der Waals surface area (Å²) in [6.45, 7) is 0.101. The average molecular weight is 390 g/mol. The van der Waals surface area contributed by atoms with Crippen molar-refractivity contribution in [2.45, 2.75) is 6.54 Å². The maximum absolute atomic E-state index is 14.2. The predicted molar refractivity (Wildman–Crippen MR) is 106 cm³/mol. The zero-order chi connectivity index (χ0) is 20.4. The minimum Gasteiger partial charge on any atom is -0.332 e. The third kappa shape index (κ3) is 3.68. The van der Waals surface area contributed by atoms with Crippen LogP contribution in [0.5, 0.6) is 0 Å². The van der Waals surface area contributed by atoms with Crippen molar-refractivity contribution < 1.29 is 14.1 Å². The van der Waals surface area contributed by atoms with E-state index in [-0.39, 0.29) is 17.9 Å². The van der Waals surface area contributed by atoms with Gasteiger partial charge in [-0.1, -0.05) is 18.2 Å². The number of pyridine rings is 1. The molecule has 1 amide bonds. The lowest BCUT2D eigenvalue weighted by molar-refractivity contribution is -0.384. The maximum Gasteiger partial charge on any atom is 0.272 e. The summed E-state index contributed by atoms with van der Waals surface area (Å²) in [4.78, 5) is 27.5. The molecule has 2 heterocycles. The SMILES string of the molecule is O=C(Nc1cccnc1)c1cc2cc([N+](=O)[O-])ccc2n1Cc1ccccc1F. The molecule has 0 aliphatic carbocycles. The Hall–Kier alpha value is -4.07. The Morgan fingerprint density at radius 3 is 2.69 bits per heavy atom. The second-order valence-corrected chi connectivity index (χ2v) is 6.40. The number of halogens is 1. The summed E-state index contributed by atoms with van der Waals surface area (Å²) < 4.78 is 15.9. The first-order valence-electron chi connectivity index (χ1n) is 8.75. The fraction of sp³-hybridized carbons (Fsp3) is 0.0476. The summed E-state index contributed by atoms with van der Waals surface area (Å²) in [5.41, 5.74) is 1.67. The van der Waals surface area contributed by atoms with Crippen molar-refractivity contribution in [2.75, 3.05) is 5.32 Å². The molecule has 0 fully saturated rings. The first kappa shape index (κ1) is 18.3. The number of carbonyl (C=O) groups excluding carboxylic acids is 1. The number of nitro groups is 1. The molecule has 4 aromatic rings. The number of aromatic nitrogens is 2. The van der Waals surface area contributed by atoms with E-state index in [2.05, 4.69) is 10.3 Å². The minimum atomic E-state index is -0.497. The first-order chi connectivity index (χ1) is 14.0. The normalized spacial score (nSPS) is 10.8. The van der Waals surface area contributed by atoms with E-state index in [0.29, 0.717) is 22.2 Å². The summed E-state index contributed by atoms with van der Waals surface area (Å²) in [6, 6.07) is 15.6. The number of fused-ring (bicyclic) bond motifs is 1. The molecule has 0 saturated carbocycles. The number of carbonyl (C=O) groups is 1. The zero-order valence-corrected chi connectivity index (χ0v) is 15.1. The number of anilines is 1. The molecule has 4 rings (SSSR count). The fourth-order valence-corrected chi connectivity index (χ4v) is 3.16. The van der Waals surface area contributed by atoms with E-state index >= 15 is 0 Å². The van der Waals surface area contributed by atoms with E-state index < -0.39 is 16.6 Å². The number of nitro benzene ring substituents is 1. The monoisotopic (exact) mass is 390 g/mol. The van der Waals surface area contributed by atoms with Crippen LogP contribution >= 0.6 is 0 Å². The lowest BCUT2D eigenvalue weighted by Crippen LogP contribution is -2.18. The van der Waals surface area contributed by atoms with Crippen molar-refractivity contribution in [3.63, 3.8) is 0 Å². The van der Waals surface area contributed by atoms with Gasteiger partial charge < -0.3 is 9.88 Å². The summed E-state index contributed by atoms with van der Waals surface area (Å²) in [7, 11) is 0. The summed E-state index contributed by atoms with van der Waals surface area (Å²) in [5.74, 6) is -0.817. The van der Waals surface area contributed by atoms with Gasteiger partial charge in [0.15, 0.2) is 0 Å². The van der Waals surface area contributed by atoms with E-state index in [4.69, 9.17) is 0 Å². The van der Waals surface area contributed by atoms with E-state index in [1.807, 2.05) is 0 Å². The third-order valence-corrected chi connectivity index (χ3v) is 4.53. The number of rotatable bonds is 5. The molecule has 0 unspecified atom stereocenters. The second kappa shape index (κ2) is 7.51. The molecular weight excluding hydrogens is 375 g/mol. The second-order valence-electron chi connectivity index (χ2n) is 6.40. The Balaban J connectivity index is 1.81. The van der Waals surface area contributed by atoms with Crippen LogP contribution in [0.1, 0.15) is 16.1 Å².